The highest BCUT2D eigenvalue weighted by Gasteiger charge is 2.60. The summed E-state index contributed by atoms with van der Waals surface area (Å²) in [5.41, 5.74) is 0.114. The number of aliphatic carboxylic acids is 1. The van der Waals surface area contributed by atoms with E-state index in [1.807, 2.05) is 37.3 Å². The molecule has 0 unspecified atom stereocenters. The fraction of sp³-hybridized carbons (Fsp3) is 0.632. The average molecular weight is 534 g/mol. The SMILES string of the molecule is C[C@@H](O)[C@H]1C(=O)N2C(C(=O)O)=C(S[C@H]3C[C@H]([n+]4ccn(C)c4)N(C)C3)[C@H](C)[C@H]12.[I-]. The van der Waals surface area contributed by atoms with Crippen molar-refractivity contribution in [3.8, 4) is 0 Å². The van der Waals surface area contributed by atoms with Gasteiger partial charge < -0.3 is 39.1 Å². The van der Waals surface area contributed by atoms with E-state index in [1.54, 1.807) is 18.7 Å². The molecule has 0 bridgehead atoms. The maximum absolute atomic E-state index is 12.5. The van der Waals surface area contributed by atoms with Crippen molar-refractivity contribution in [2.45, 2.75) is 43.8 Å². The number of thioether (sulfide) groups is 1. The van der Waals surface area contributed by atoms with E-state index in [-0.39, 0.29) is 59.0 Å². The van der Waals surface area contributed by atoms with Gasteiger partial charge in [-0.15, -0.1) is 11.8 Å². The summed E-state index contributed by atoms with van der Waals surface area (Å²) in [6.45, 7) is 4.42. The van der Waals surface area contributed by atoms with Gasteiger partial charge in [0.05, 0.1) is 25.1 Å². The summed E-state index contributed by atoms with van der Waals surface area (Å²) in [5, 5.41) is 20.0. The standard InChI is InChI=1S/C19H26N4O4S.HI/c1-10-15-14(11(2)24)18(25)23(15)16(19(26)27)17(10)28-12-7-13(21(4)8-12)22-6-5-20(3)9-22;/h5-6,9-15,24H,7-8H2,1-4H3;1H/t10-,11-,12+,13+,14-,15-;/m1./s1. The van der Waals surface area contributed by atoms with Crippen LogP contribution in [0, 0.1) is 11.8 Å². The molecule has 2 saturated heterocycles. The average Bonchev–Trinajstić information content (AvgIpc) is 3.24. The Kier molecular flexibility index (Phi) is 6.38. The number of halogens is 1. The number of rotatable bonds is 5. The van der Waals surface area contributed by atoms with E-state index < -0.39 is 18.0 Å². The first-order chi connectivity index (χ1) is 13.2. The van der Waals surface area contributed by atoms with Gasteiger partial charge in [0.15, 0.2) is 6.17 Å². The minimum Gasteiger partial charge on any atom is -1.00 e. The molecule has 10 heteroatoms. The highest BCUT2D eigenvalue weighted by Crippen LogP contribution is 2.52. The Labute approximate surface area is 191 Å². The number of hydrogen-bond donors (Lipinski definition) is 2. The molecule has 29 heavy (non-hydrogen) atoms. The molecule has 6 atom stereocenters. The van der Waals surface area contributed by atoms with Crippen LogP contribution in [0.1, 0.15) is 26.4 Å². The zero-order chi connectivity index (χ0) is 20.3. The molecule has 4 heterocycles. The van der Waals surface area contributed by atoms with E-state index in [2.05, 4.69) is 16.5 Å². The molecule has 2 fully saturated rings. The first-order valence-electron chi connectivity index (χ1n) is 9.59. The second-order valence-electron chi connectivity index (χ2n) is 8.19. The lowest BCUT2D eigenvalue weighted by Gasteiger charge is -2.46. The molecule has 0 spiro atoms. The number of carboxylic acid groups (broad SMARTS) is 1. The van der Waals surface area contributed by atoms with E-state index in [0.29, 0.717) is 0 Å². The van der Waals surface area contributed by atoms with Gasteiger partial charge in [-0.3, -0.25) is 9.69 Å². The molecule has 0 radical (unpaired) electrons. The number of likely N-dealkylation sites (tertiary alicyclic amines) is 1. The van der Waals surface area contributed by atoms with Gasteiger partial charge in [-0.2, -0.15) is 0 Å². The lowest BCUT2D eigenvalue weighted by atomic mass is 9.79. The molecule has 4 rings (SSSR count). The number of aliphatic hydroxyl groups excluding tert-OH is 1. The Bertz CT molecular complexity index is 857. The van der Waals surface area contributed by atoms with Crippen LogP contribution in [0.25, 0.3) is 0 Å². The quantitative estimate of drug-likeness (QED) is 0.245. The number of imidazole rings is 1. The second kappa shape index (κ2) is 8.20. The Morgan fingerprint density at radius 2 is 2.07 bits per heavy atom. The van der Waals surface area contributed by atoms with E-state index >= 15 is 0 Å². The van der Waals surface area contributed by atoms with Crippen molar-refractivity contribution in [2.75, 3.05) is 13.6 Å². The lowest BCUT2D eigenvalue weighted by Crippen LogP contribution is -3.00. The molecule has 3 aliphatic heterocycles. The van der Waals surface area contributed by atoms with Crippen LogP contribution in [0.3, 0.4) is 0 Å². The van der Waals surface area contributed by atoms with E-state index in [9.17, 15) is 19.8 Å². The molecule has 0 aromatic carbocycles. The Hall–Kier alpha value is -1.11. The molecule has 3 aliphatic rings. The van der Waals surface area contributed by atoms with E-state index in [0.717, 1.165) is 17.9 Å². The number of carbonyl (C=O) groups excluding carboxylic acids is 1. The fourth-order valence-electron chi connectivity index (χ4n) is 4.87. The van der Waals surface area contributed by atoms with Crippen molar-refractivity contribution in [1.29, 1.82) is 0 Å². The maximum atomic E-state index is 12.5. The smallest absolute Gasteiger partial charge is 0.353 e. The summed E-state index contributed by atoms with van der Waals surface area (Å²) < 4.78 is 4.18. The predicted molar refractivity (Wildman–Crippen MR) is 103 cm³/mol. The number of nitrogens with zero attached hydrogens (tertiary/aromatic N) is 4. The number of hydrogen-bond acceptors (Lipinski definition) is 5. The highest BCUT2D eigenvalue weighted by atomic mass is 127. The van der Waals surface area contributed by atoms with Gasteiger partial charge in [-0.1, -0.05) is 6.92 Å². The van der Waals surface area contributed by atoms with Gasteiger partial charge in [-0.05, 0) is 14.0 Å². The first kappa shape index (κ1) is 22.6. The minimum absolute atomic E-state index is 0. The Morgan fingerprint density at radius 1 is 1.38 bits per heavy atom. The number of aromatic nitrogens is 2. The third kappa shape index (κ3) is 3.61. The third-order valence-electron chi connectivity index (χ3n) is 6.21. The largest absolute Gasteiger partial charge is 1.00 e. The zero-order valence-corrected chi connectivity index (χ0v) is 19.9. The van der Waals surface area contributed by atoms with Crippen molar-refractivity contribution in [3.63, 3.8) is 0 Å². The van der Waals surface area contributed by atoms with Crippen LogP contribution in [0.2, 0.25) is 0 Å². The zero-order valence-electron chi connectivity index (χ0n) is 16.9. The second-order valence-corrected chi connectivity index (χ2v) is 9.54. The molecular weight excluding hydrogens is 507 g/mol. The lowest BCUT2D eigenvalue weighted by molar-refractivity contribution is -0.739. The predicted octanol–water partition coefficient (Wildman–Crippen LogP) is -2.59. The minimum atomic E-state index is -1.06. The van der Waals surface area contributed by atoms with Gasteiger partial charge in [-0.25, -0.2) is 13.9 Å². The van der Waals surface area contributed by atoms with Crippen LogP contribution in [0.15, 0.2) is 29.3 Å². The Morgan fingerprint density at radius 3 is 2.62 bits per heavy atom. The molecule has 1 amide bonds. The van der Waals surface area contributed by atoms with Gasteiger partial charge in [0, 0.05) is 29.0 Å². The van der Waals surface area contributed by atoms with Crippen molar-refractivity contribution in [1.82, 2.24) is 14.4 Å². The number of amides is 1. The highest BCUT2D eigenvalue weighted by molar-refractivity contribution is 8.03. The topological polar surface area (TPSA) is 89.9 Å². The van der Waals surface area contributed by atoms with Gasteiger partial charge in [0.25, 0.3) is 0 Å². The molecule has 0 saturated carbocycles. The van der Waals surface area contributed by atoms with Gasteiger partial charge in [0.1, 0.15) is 18.1 Å². The summed E-state index contributed by atoms with van der Waals surface area (Å²) in [6.07, 6.45) is 6.46. The van der Waals surface area contributed by atoms with Crippen LogP contribution in [-0.4, -0.2) is 67.4 Å². The summed E-state index contributed by atoms with van der Waals surface area (Å²) in [7, 11) is 4.07. The van der Waals surface area contributed by atoms with Gasteiger partial charge in [0.2, 0.25) is 12.2 Å². The van der Waals surface area contributed by atoms with E-state index in [4.69, 9.17) is 0 Å². The normalized spacial score (nSPS) is 32.8. The fourth-order valence-corrected chi connectivity index (χ4v) is 6.46. The molecule has 1 aromatic heterocycles. The third-order valence-corrected chi connectivity index (χ3v) is 7.71. The van der Waals surface area contributed by atoms with Crippen LogP contribution >= 0.6 is 11.8 Å². The van der Waals surface area contributed by atoms with E-state index in [1.165, 1.54) is 4.90 Å². The number of aryl methyl sites for hydroxylation is 1. The molecule has 0 aliphatic carbocycles. The molecular formula is C19H27IN4O4S. The number of β-lactam (4-membered cyclic amide) rings is 1. The van der Waals surface area contributed by atoms with Crippen LogP contribution in [0.5, 0.6) is 0 Å². The first-order valence-corrected chi connectivity index (χ1v) is 10.5. The van der Waals surface area contributed by atoms with Gasteiger partial charge >= 0.3 is 5.97 Å². The van der Waals surface area contributed by atoms with Crippen LogP contribution in [-0.2, 0) is 16.6 Å². The number of aliphatic hydroxyl groups is 1. The van der Waals surface area contributed by atoms with Crippen molar-refractivity contribution >= 4 is 23.6 Å². The number of carboxylic acids is 1. The summed E-state index contributed by atoms with van der Waals surface area (Å²) in [4.78, 5) is 28.9. The Balaban J connectivity index is 0.00000240. The van der Waals surface area contributed by atoms with Crippen molar-refractivity contribution in [3.05, 3.63) is 29.3 Å². The summed E-state index contributed by atoms with van der Waals surface area (Å²) in [6, 6.07) is -0.250. The van der Waals surface area contributed by atoms with Crippen LogP contribution < -0.4 is 28.5 Å². The monoisotopic (exact) mass is 534 g/mol. The maximum Gasteiger partial charge on any atom is 0.353 e. The molecule has 2 N–H and O–H groups in total. The number of carbonyl (C=O) groups is 2. The van der Waals surface area contributed by atoms with Crippen molar-refractivity contribution < 1.29 is 48.3 Å². The molecule has 160 valence electrons. The van der Waals surface area contributed by atoms with Crippen LogP contribution in [0.4, 0.5) is 0 Å². The summed E-state index contributed by atoms with van der Waals surface area (Å²) in [5.74, 6) is -1.93. The number of fused-ring (bicyclic) bond motifs is 1. The van der Waals surface area contributed by atoms with Crippen molar-refractivity contribution in [2.24, 2.45) is 18.9 Å². The molecule has 8 nitrogen and oxygen atoms in total. The summed E-state index contributed by atoms with van der Waals surface area (Å²) >= 11 is 1.59. The molecule has 1 aromatic rings.